The molecule has 1 rings (SSSR count). The predicted octanol–water partition coefficient (Wildman–Crippen LogP) is 3.67. The van der Waals surface area contributed by atoms with E-state index in [1.807, 2.05) is 12.1 Å². The van der Waals surface area contributed by atoms with Crippen LogP contribution in [0.4, 0.5) is 5.69 Å². The van der Waals surface area contributed by atoms with Crippen LogP contribution in [0.5, 0.6) is 0 Å². The van der Waals surface area contributed by atoms with E-state index >= 15 is 0 Å². The maximum absolute atomic E-state index is 8.72. The van der Waals surface area contributed by atoms with Crippen molar-refractivity contribution in [1.29, 1.82) is 5.26 Å². The Morgan fingerprint density at radius 3 is 2.47 bits per heavy atom. The van der Waals surface area contributed by atoms with E-state index in [-0.39, 0.29) is 0 Å². The summed E-state index contributed by atoms with van der Waals surface area (Å²) >= 11 is 5.93. The van der Waals surface area contributed by atoms with Crippen LogP contribution in [0.2, 0.25) is 5.02 Å². The van der Waals surface area contributed by atoms with Gasteiger partial charge in [0, 0.05) is 11.7 Å². The highest BCUT2D eigenvalue weighted by Gasteiger charge is 2.07. The Morgan fingerprint density at radius 2 is 2.00 bits per heavy atom. The van der Waals surface area contributed by atoms with Crippen molar-refractivity contribution in [1.82, 2.24) is 0 Å². The van der Waals surface area contributed by atoms with Gasteiger partial charge >= 0.3 is 0 Å². The molecular formula is C12H15ClN2. The molecule has 0 amide bonds. The third-order valence-electron chi connectivity index (χ3n) is 2.48. The van der Waals surface area contributed by atoms with Crippen LogP contribution in [0, 0.1) is 17.2 Å². The van der Waals surface area contributed by atoms with Crippen LogP contribution in [0.3, 0.4) is 0 Å². The lowest BCUT2D eigenvalue weighted by Crippen LogP contribution is -2.21. The largest absolute Gasteiger partial charge is 0.382 e. The molecule has 1 N–H and O–H groups in total. The zero-order valence-corrected chi connectivity index (χ0v) is 9.97. The molecule has 2 nitrogen and oxygen atoms in total. The Labute approximate surface area is 95.9 Å². The molecule has 1 aromatic rings. The molecule has 0 fully saturated rings. The quantitative estimate of drug-likeness (QED) is 0.847. The second-order valence-electron chi connectivity index (χ2n) is 3.98. The predicted molar refractivity (Wildman–Crippen MR) is 64.1 cm³/mol. The first-order valence-corrected chi connectivity index (χ1v) is 5.38. The average Bonchev–Trinajstić information content (AvgIpc) is 2.18. The molecule has 0 saturated carbocycles. The third kappa shape index (κ3) is 3.14. The average molecular weight is 223 g/mol. The molecule has 0 aliphatic heterocycles. The molecule has 1 aromatic carbocycles. The number of hydrogen-bond acceptors (Lipinski definition) is 2. The molecule has 0 unspecified atom stereocenters. The van der Waals surface area contributed by atoms with Gasteiger partial charge in [-0.15, -0.1) is 0 Å². The summed E-state index contributed by atoms with van der Waals surface area (Å²) in [5, 5.41) is 12.6. The zero-order chi connectivity index (χ0) is 11.4. The number of hydrogen-bond donors (Lipinski definition) is 1. The third-order valence-corrected chi connectivity index (χ3v) is 2.80. The number of nitriles is 1. The fraction of sp³-hybridized carbons (Fsp3) is 0.417. The van der Waals surface area contributed by atoms with E-state index in [1.54, 1.807) is 12.1 Å². The molecule has 1 atom stereocenters. The molecule has 0 radical (unpaired) electrons. The molecule has 0 aromatic heterocycles. The van der Waals surface area contributed by atoms with Crippen molar-refractivity contribution < 1.29 is 0 Å². The van der Waals surface area contributed by atoms with Crippen LogP contribution in [-0.2, 0) is 0 Å². The maximum atomic E-state index is 8.72. The van der Waals surface area contributed by atoms with Crippen molar-refractivity contribution in [3.05, 3.63) is 28.8 Å². The van der Waals surface area contributed by atoms with Crippen LogP contribution in [0.15, 0.2) is 18.2 Å². The lowest BCUT2D eigenvalue weighted by molar-refractivity contribution is 0.560. The van der Waals surface area contributed by atoms with Gasteiger partial charge < -0.3 is 5.32 Å². The normalized spacial score (nSPS) is 12.3. The van der Waals surface area contributed by atoms with Crippen LogP contribution in [0.25, 0.3) is 0 Å². The highest BCUT2D eigenvalue weighted by atomic mass is 35.5. The van der Waals surface area contributed by atoms with Gasteiger partial charge in [-0.2, -0.15) is 5.26 Å². The van der Waals surface area contributed by atoms with E-state index in [2.05, 4.69) is 26.1 Å². The zero-order valence-electron chi connectivity index (χ0n) is 9.21. The topological polar surface area (TPSA) is 35.8 Å². The fourth-order valence-corrected chi connectivity index (χ4v) is 1.35. The Bertz CT molecular complexity index is 380. The van der Waals surface area contributed by atoms with E-state index < -0.39 is 0 Å². The Balaban J connectivity index is 2.81. The first kappa shape index (κ1) is 11.9. The van der Waals surface area contributed by atoms with Crippen LogP contribution >= 0.6 is 11.6 Å². The van der Waals surface area contributed by atoms with Crippen molar-refractivity contribution in [2.24, 2.45) is 5.92 Å². The van der Waals surface area contributed by atoms with Crippen molar-refractivity contribution in [3.63, 3.8) is 0 Å². The molecule has 3 heteroatoms. The first-order valence-electron chi connectivity index (χ1n) is 5.00. The molecule has 0 bridgehead atoms. The summed E-state index contributed by atoms with van der Waals surface area (Å²) in [6.45, 7) is 6.43. The summed E-state index contributed by atoms with van der Waals surface area (Å²) in [5.41, 5.74) is 1.47. The van der Waals surface area contributed by atoms with Crippen LogP contribution < -0.4 is 5.32 Å². The van der Waals surface area contributed by atoms with Crippen molar-refractivity contribution in [3.8, 4) is 6.07 Å². The van der Waals surface area contributed by atoms with Gasteiger partial charge in [-0.1, -0.05) is 25.4 Å². The minimum absolute atomic E-state index is 0.383. The lowest BCUT2D eigenvalue weighted by atomic mass is 10.1. The monoisotopic (exact) mass is 222 g/mol. The SMILES string of the molecule is CC(C)[C@H](C)Nc1ccc(C#N)c(Cl)c1. The Kier molecular flexibility index (Phi) is 3.99. The van der Waals surface area contributed by atoms with E-state index in [4.69, 9.17) is 16.9 Å². The van der Waals surface area contributed by atoms with Crippen molar-refractivity contribution >= 4 is 17.3 Å². The van der Waals surface area contributed by atoms with E-state index in [1.165, 1.54) is 0 Å². The number of halogens is 1. The van der Waals surface area contributed by atoms with Gasteiger partial charge in [-0.3, -0.25) is 0 Å². The van der Waals surface area contributed by atoms with Crippen molar-refractivity contribution in [2.75, 3.05) is 5.32 Å². The molecular weight excluding hydrogens is 208 g/mol. The van der Waals surface area contributed by atoms with Gasteiger partial charge in [0.05, 0.1) is 10.6 Å². The Morgan fingerprint density at radius 1 is 1.33 bits per heavy atom. The molecule has 0 aliphatic rings. The number of anilines is 1. The fourth-order valence-electron chi connectivity index (χ4n) is 1.13. The van der Waals surface area contributed by atoms with Gasteiger partial charge in [0.1, 0.15) is 6.07 Å². The summed E-state index contributed by atoms with van der Waals surface area (Å²) < 4.78 is 0. The molecule has 0 saturated heterocycles. The summed E-state index contributed by atoms with van der Waals surface area (Å²) in [5.74, 6) is 0.555. The van der Waals surface area contributed by atoms with Gasteiger partial charge in [-0.25, -0.2) is 0 Å². The summed E-state index contributed by atoms with van der Waals surface area (Å²) in [7, 11) is 0. The number of benzene rings is 1. The molecule has 0 aliphatic carbocycles. The highest BCUT2D eigenvalue weighted by molar-refractivity contribution is 6.32. The second-order valence-corrected chi connectivity index (χ2v) is 4.39. The van der Waals surface area contributed by atoms with E-state index in [9.17, 15) is 0 Å². The molecule has 15 heavy (non-hydrogen) atoms. The maximum Gasteiger partial charge on any atom is 0.101 e. The van der Waals surface area contributed by atoms with Crippen molar-refractivity contribution in [2.45, 2.75) is 26.8 Å². The summed E-state index contributed by atoms with van der Waals surface area (Å²) in [4.78, 5) is 0. The first-order chi connectivity index (χ1) is 7.04. The standard InChI is InChI=1S/C12H15ClN2/c1-8(2)9(3)15-11-5-4-10(7-14)12(13)6-11/h4-6,8-9,15H,1-3H3/t9-/m0/s1. The highest BCUT2D eigenvalue weighted by Crippen LogP contribution is 2.21. The number of nitrogens with one attached hydrogen (secondary N) is 1. The van der Waals surface area contributed by atoms with Gasteiger partial charge in [0.25, 0.3) is 0 Å². The second kappa shape index (κ2) is 5.04. The molecule has 0 spiro atoms. The molecule has 80 valence electrons. The van der Waals surface area contributed by atoms with E-state index in [0.717, 1.165) is 5.69 Å². The number of rotatable bonds is 3. The minimum Gasteiger partial charge on any atom is -0.382 e. The van der Waals surface area contributed by atoms with E-state index in [0.29, 0.717) is 22.5 Å². The minimum atomic E-state index is 0.383. The van der Waals surface area contributed by atoms with Gasteiger partial charge in [-0.05, 0) is 31.0 Å². The van der Waals surface area contributed by atoms with Gasteiger partial charge in [0.2, 0.25) is 0 Å². The summed E-state index contributed by atoms with van der Waals surface area (Å²) in [6, 6.07) is 7.82. The number of nitrogens with zero attached hydrogens (tertiary/aromatic N) is 1. The smallest absolute Gasteiger partial charge is 0.101 e. The lowest BCUT2D eigenvalue weighted by Gasteiger charge is -2.18. The van der Waals surface area contributed by atoms with Gasteiger partial charge in [0.15, 0.2) is 0 Å². The van der Waals surface area contributed by atoms with Crippen LogP contribution in [0.1, 0.15) is 26.3 Å². The Hall–Kier alpha value is -1.20. The molecule has 0 heterocycles. The summed E-state index contributed by atoms with van der Waals surface area (Å²) in [6.07, 6.45) is 0. The van der Waals surface area contributed by atoms with Crippen LogP contribution in [-0.4, -0.2) is 6.04 Å².